The molecular weight excluding hydrogens is 245 g/mol. The van der Waals surface area contributed by atoms with E-state index in [1.54, 1.807) is 0 Å². The molecule has 6 heteroatoms. The molecule has 0 spiro atoms. The molecule has 0 saturated heterocycles. The van der Waals surface area contributed by atoms with Crippen LogP contribution in [0.2, 0.25) is 0 Å². The molecule has 1 rings (SSSR count). The summed E-state index contributed by atoms with van der Waals surface area (Å²) in [4.78, 5) is 11.5. The molecule has 0 saturated carbocycles. The minimum atomic E-state index is -4.38. The Bertz CT molecular complexity index is 387. The highest BCUT2D eigenvalue weighted by Crippen LogP contribution is 2.28. The van der Waals surface area contributed by atoms with Crippen molar-refractivity contribution in [3.05, 3.63) is 35.4 Å². The van der Waals surface area contributed by atoms with Gasteiger partial charge in [0.15, 0.2) is 0 Å². The Kier molecular flexibility index (Phi) is 5.15. The third-order valence-electron chi connectivity index (χ3n) is 2.39. The van der Waals surface area contributed by atoms with Crippen molar-refractivity contribution in [2.24, 2.45) is 5.73 Å². The summed E-state index contributed by atoms with van der Waals surface area (Å²) >= 11 is 0. The van der Waals surface area contributed by atoms with Gasteiger partial charge in [0.05, 0.1) is 5.56 Å². The van der Waals surface area contributed by atoms with Gasteiger partial charge in [-0.2, -0.15) is 13.2 Å². The van der Waals surface area contributed by atoms with Crippen LogP contribution in [0.5, 0.6) is 0 Å². The number of amides is 1. The zero-order valence-corrected chi connectivity index (χ0v) is 9.76. The van der Waals surface area contributed by atoms with E-state index in [1.165, 1.54) is 12.1 Å². The lowest BCUT2D eigenvalue weighted by atomic mass is 10.1. The zero-order chi connectivity index (χ0) is 13.6. The molecule has 0 heterocycles. The van der Waals surface area contributed by atoms with E-state index in [0.29, 0.717) is 13.1 Å². The minimum absolute atomic E-state index is 0.218. The first-order valence-electron chi connectivity index (χ1n) is 5.60. The Balaban J connectivity index is 2.54. The van der Waals surface area contributed by atoms with E-state index in [4.69, 9.17) is 5.73 Å². The summed E-state index contributed by atoms with van der Waals surface area (Å²) in [5.74, 6) is -0.374. The van der Waals surface area contributed by atoms with Crippen molar-refractivity contribution in [3.8, 4) is 0 Å². The molecule has 0 aliphatic rings. The van der Waals surface area contributed by atoms with Crippen LogP contribution in [0.1, 0.15) is 28.8 Å². The van der Waals surface area contributed by atoms with E-state index in [-0.39, 0.29) is 11.5 Å². The minimum Gasteiger partial charge on any atom is -0.352 e. The van der Waals surface area contributed by atoms with Crippen LogP contribution in [0.4, 0.5) is 13.2 Å². The number of rotatable bonds is 5. The molecule has 0 bridgehead atoms. The number of hydrogen-bond acceptors (Lipinski definition) is 2. The van der Waals surface area contributed by atoms with Crippen LogP contribution in [0.15, 0.2) is 24.3 Å². The third-order valence-corrected chi connectivity index (χ3v) is 2.39. The van der Waals surface area contributed by atoms with E-state index in [0.717, 1.165) is 25.0 Å². The first-order chi connectivity index (χ1) is 8.45. The summed E-state index contributed by atoms with van der Waals surface area (Å²) in [5.41, 5.74) is 4.75. The van der Waals surface area contributed by atoms with Crippen LogP contribution in [0.25, 0.3) is 0 Å². The average molecular weight is 260 g/mol. The van der Waals surface area contributed by atoms with Crippen molar-refractivity contribution in [1.82, 2.24) is 5.32 Å². The predicted molar refractivity (Wildman–Crippen MR) is 62.1 cm³/mol. The molecule has 3 N–H and O–H groups in total. The van der Waals surface area contributed by atoms with Gasteiger partial charge in [-0.3, -0.25) is 4.79 Å². The topological polar surface area (TPSA) is 55.1 Å². The molecule has 3 nitrogen and oxygen atoms in total. The molecule has 0 fully saturated rings. The second kappa shape index (κ2) is 6.39. The molecule has 1 amide bonds. The summed E-state index contributed by atoms with van der Waals surface area (Å²) < 4.78 is 36.9. The van der Waals surface area contributed by atoms with Crippen LogP contribution in [-0.2, 0) is 6.18 Å². The molecule has 1 aromatic carbocycles. The molecule has 1 aromatic rings. The quantitative estimate of drug-likeness (QED) is 0.797. The Morgan fingerprint density at radius 1 is 1.17 bits per heavy atom. The van der Waals surface area contributed by atoms with Crippen molar-refractivity contribution in [3.63, 3.8) is 0 Å². The number of benzene rings is 1. The zero-order valence-electron chi connectivity index (χ0n) is 9.76. The fraction of sp³-hybridized carbons (Fsp3) is 0.417. The lowest BCUT2D eigenvalue weighted by Gasteiger charge is -2.08. The van der Waals surface area contributed by atoms with E-state index in [2.05, 4.69) is 5.32 Å². The van der Waals surface area contributed by atoms with Crippen molar-refractivity contribution in [2.45, 2.75) is 19.0 Å². The first kappa shape index (κ1) is 14.5. The molecule has 0 atom stereocenters. The predicted octanol–water partition coefficient (Wildman–Crippen LogP) is 2.17. The smallest absolute Gasteiger partial charge is 0.352 e. The van der Waals surface area contributed by atoms with Gasteiger partial charge in [-0.1, -0.05) is 0 Å². The van der Waals surface area contributed by atoms with E-state index < -0.39 is 11.7 Å². The third kappa shape index (κ3) is 4.37. The van der Waals surface area contributed by atoms with Gasteiger partial charge < -0.3 is 11.1 Å². The van der Waals surface area contributed by atoms with Gasteiger partial charge in [0.25, 0.3) is 5.91 Å². The first-order valence-corrected chi connectivity index (χ1v) is 5.60. The number of nitrogens with one attached hydrogen (secondary N) is 1. The van der Waals surface area contributed by atoms with Crippen LogP contribution < -0.4 is 11.1 Å². The highest BCUT2D eigenvalue weighted by atomic mass is 19.4. The van der Waals surface area contributed by atoms with Gasteiger partial charge in [0.1, 0.15) is 0 Å². The Morgan fingerprint density at radius 3 is 2.28 bits per heavy atom. The van der Waals surface area contributed by atoms with Gasteiger partial charge in [0.2, 0.25) is 0 Å². The van der Waals surface area contributed by atoms with Crippen molar-refractivity contribution >= 4 is 5.91 Å². The van der Waals surface area contributed by atoms with Crippen molar-refractivity contribution in [2.75, 3.05) is 13.1 Å². The van der Waals surface area contributed by atoms with E-state index >= 15 is 0 Å². The number of carbonyl (C=O) groups excluding carboxylic acids is 1. The maximum absolute atomic E-state index is 12.3. The van der Waals surface area contributed by atoms with E-state index in [9.17, 15) is 18.0 Å². The van der Waals surface area contributed by atoms with Crippen LogP contribution >= 0.6 is 0 Å². The van der Waals surface area contributed by atoms with Crippen LogP contribution in [0.3, 0.4) is 0 Å². The van der Waals surface area contributed by atoms with Crippen molar-refractivity contribution in [1.29, 1.82) is 0 Å². The van der Waals surface area contributed by atoms with Gasteiger partial charge in [-0.15, -0.1) is 0 Å². The standard InChI is InChI=1S/C12H15F3N2O/c13-12(14,15)10-5-3-9(4-6-10)11(18)17-8-2-1-7-16/h3-6H,1-2,7-8,16H2,(H,17,18). The molecule has 0 aliphatic carbocycles. The highest BCUT2D eigenvalue weighted by Gasteiger charge is 2.30. The number of carbonyl (C=O) groups is 1. The molecular formula is C12H15F3N2O. The monoisotopic (exact) mass is 260 g/mol. The normalized spacial score (nSPS) is 11.3. The lowest BCUT2D eigenvalue weighted by Crippen LogP contribution is -2.24. The van der Waals surface area contributed by atoms with Gasteiger partial charge in [-0.25, -0.2) is 0 Å². The van der Waals surface area contributed by atoms with Crippen LogP contribution in [-0.4, -0.2) is 19.0 Å². The molecule has 18 heavy (non-hydrogen) atoms. The summed E-state index contributed by atoms with van der Waals surface area (Å²) in [6, 6.07) is 4.13. The number of nitrogens with two attached hydrogens (primary N) is 1. The second-order valence-electron chi connectivity index (χ2n) is 3.83. The summed E-state index contributed by atoms with van der Waals surface area (Å²) in [5, 5.41) is 2.62. The summed E-state index contributed by atoms with van der Waals surface area (Å²) in [6.07, 6.45) is -2.83. The second-order valence-corrected chi connectivity index (χ2v) is 3.83. The van der Waals surface area contributed by atoms with Crippen LogP contribution in [0, 0.1) is 0 Å². The average Bonchev–Trinajstić information content (AvgIpc) is 2.33. The fourth-order valence-electron chi connectivity index (χ4n) is 1.38. The number of alkyl halides is 3. The molecule has 100 valence electrons. The number of unbranched alkanes of at least 4 members (excludes halogenated alkanes) is 1. The maximum Gasteiger partial charge on any atom is 0.416 e. The van der Waals surface area contributed by atoms with Gasteiger partial charge in [0, 0.05) is 12.1 Å². The lowest BCUT2D eigenvalue weighted by molar-refractivity contribution is -0.137. The molecule has 0 aliphatic heterocycles. The number of halogens is 3. The summed E-state index contributed by atoms with van der Waals surface area (Å²) in [6.45, 7) is 1.02. The van der Waals surface area contributed by atoms with E-state index in [1.807, 2.05) is 0 Å². The summed E-state index contributed by atoms with van der Waals surface area (Å²) in [7, 11) is 0. The maximum atomic E-state index is 12.3. The van der Waals surface area contributed by atoms with Gasteiger partial charge in [-0.05, 0) is 43.7 Å². The Labute approximate surface area is 103 Å². The fourth-order valence-corrected chi connectivity index (χ4v) is 1.38. The number of hydrogen-bond donors (Lipinski definition) is 2. The highest BCUT2D eigenvalue weighted by molar-refractivity contribution is 5.94. The molecule has 0 radical (unpaired) electrons. The Morgan fingerprint density at radius 2 is 1.78 bits per heavy atom. The molecule has 0 aromatic heterocycles. The van der Waals surface area contributed by atoms with Gasteiger partial charge >= 0.3 is 6.18 Å². The largest absolute Gasteiger partial charge is 0.416 e. The van der Waals surface area contributed by atoms with Crippen molar-refractivity contribution < 1.29 is 18.0 Å². The molecule has 0 unspecified atom stereocenters. The SMILES string of the molecule is NCCCCNC(=O)c1ccc(C(F)(F)F)cc1. The Hall–Kier alpha value is -1.56.